The molecular formula is C13H21N5O2. The van der Waals surface area contributed by atoms with Crippen LogP contribution in [0.5, 0.6) is 0 Å². The maximum Gasteiger partial charge on any atom is 0.240 e. The standard InChI is InChI=1S/C13H21N5O2/c1-10-15-12(20-16-10)9-18-6-2-3-11(18)13(19)17-7-4-14-5-8-17/h11,14H,2-9H2,1H3. The summed E-state index contributed by atoms with van der Waals surface area (Å²) in [7, 11) is 0. The van der Waals surface area contributed by atoms with Gasteiger partial charge in [-0.2, -0.15) is 4.98 Å². The first-order valence-corrected chi connectivity index (χ1v) is 7.27. The Bertz CT molecular complexity index is 469. The van der Waals surface area contributed by atoms with E-state index in [0.717, 1.165) is 45.6 Å². The molecule has 0 aliphatic carbocycles. The molecule has 0 saturated carbocycles. The molecule has 2 saturated heterocycles. The van der Waals surface area contributed by atoms with Crippen molar-refractivity contribution in [2.45, 2.75) is 32.4 Å². The number of hydrogen-bond acceptors (Lipinski definition) is 6. The van der Waals surface area contributed by atoms with Crippen LogP contribution in [-0.4, -0.2) is 64.6 Å². The lowest BCUT2D eigenvalue weighted by atomic mass is 10.1. The van der Waals surface area contributed by atoms with Gasteiger partial charge >= 0.3 is 0 Å². The lowest BCUT2D eigenvalue weighted by molar-refractivity contribution is -0.136. The van der Waals surface area contributed by atoms with Gasteiger partial charge in [-0.1, -0.05) is 5.16 Å². The number of carbonyl (C=O) groups is 1. The van der Waals surface area contributed by atoms with Crippen molar-refractivity contribution in [2.75, 3.05) is 32.7 Å². The first kappa shape index (κ1) is 13.5. The first-order chi connectivity index (χ1) is 9.74. The third kappa shape index (κ3) is 2.83. The normalized spacial score (nSPS) is 24.2. The van der Waals surface area contributed by atoms with Crippen molar-refractivity contribution in [2.24, 2.45) is 0 Å². The van der Waals surface area contributed by atoms with Crippen molar-refractivity contribution in [1.82, 2.24) is 25.3 Å². The van der Waals surface area contributed by atoms with Crippen LogP contribution in [0.1, 0.15) is 24.6 Å². The number of nitrogens with one attached hydrogen (secondary N) is 1. The second kappa shape index (κ2) is 5.88. The van der Waals surface area contributed by atoms with Gasteiger partial charge in [-0.05, 0) is 26.3 Å². The number of likely N-dealkylation sites (tertiary alicyclic amines) is 1. The lowest BCUT2D eigenvalue weighted by Crippen LogP contribution is -2.52. The Hall–Kier alpha value is -1.47. The number of amides is 1. The Morgan fingerprint density at radius 1 is 1.40 bits per heavy atom. The van der Waals surface area contributed by atoms with E-state index in [1.54, 1.807) is 6.92 Å². The summed E-state index contributed by atoms with van der Waals surface area (Å²) < 4.78 is 5.16. The van der Waals surface area contributed by atoms with E-state index in [1.807, 2.05) is 4.90 Å². The predicted molar refractivity (Wildman–Crippen MR) is 71.9 cm³/mol. The van der Waals surface area contributed by atoms with Crippen LogP contribution < -0.4 is 5.32 Å². The fraction of sp³-hybridized carbons (Fsp3) is 0.769. The SMILES string of the molecule is Cc1noc(CN2CCCC2C(=O)N2CCNCC2)n1. The molecule has 2 fully saturated rings. The van der Waals surface area contributed by atoms with Gasteiger partial charge in [0.2, 0.25) is 11.8 Å². The van der Waals surface area contributed by atoms with Crippen LogP contribution in [-0.2, 0) is 11.3 Å². The van der Waals surface area contributed by atoms with Crippen LogP contribution in [0.4, 0.5) is 0 Å². The van der Waals surface area contributed by atoms with Crippen molar-refractivity contribution < 1.29 is 9.32 Å². The van der Waals surface area contributed by atoms with Crippen LogP contribution >= 0.6 is 0 Å². The molecule has 20 heavy (non-hydrogen) atoms. The van der Waals surface area contributed by atoms with Gasteiger partial charge in [-0.3, -0.25) is 9.69 Å². The lowest BCUT2D eigenvalue weighted by Gasteiger charge is -2.32. The van der Waals surface area contributed by atoms with E-state index in [1.165, 1.54) is 0 Å². The van der Waals surface area contributed by atoms with Crippen molar-refractivity contribution in [3.8, 4) is 0 Å². The summed E-state index contributed by atoms with van der Waals surface area (Å²) in [6.45, 7) is 6.70. The van der Waals surface area contributed by atoms with E-state index in [4.69, 9.17) is 4.52 Å². The molecule has 1 atom stereocenters. The number of nitrogens with zero attached hydrogens (tertiary/aromatic N) is 4. The van der Waals surface area contributed by atoms with E-state index in [-0.39, 0.29) is 11.9 Å². The highest BCUT2D eigenvalue weighted by atomic mass is 16.5. The van der Waals surface area contributed by atoms with Gasteiger partial charge < -0.3 is 14.7 Å². The second-order valence-corrected chi connectivity index (χ2v) is 5.44. The molecular weight excluding hydrogens is 258 g/mol. The Morgan fingerprint density at radius 2 is 2.20 bits per heavy atom. The molecule has 2 aliphatic rings. The van der Waals surface area contributed by atoms with Crippen molar-refractivity contribution in [3.05, 3.63) is 11.7 Å². The number of piperazine rings is 1. The van der Waals surface area contributed by atoms with Gasteiger partial charge in [-0.15, -0.1) is 0 Å². The highest BCUT2D eigenvalue weighted by Gasteiger charge is 2.34. The van der Waals surface area contributed by atoms with Gasteiger partial charge in [0.1, 0.15) is 0 Å². The number of carbonyl (C=O) groups excluding carboxylic acids is 1. The number of aryl methyl sites for hydroxylation is 1. The maximum atomic E-state index is 12.6. The minimum absolute atomic E-state index is 0.0275. The summed E-state index contributed by atoms with van der Waals surface area (Å²) in [6, 6.07) is -0.0275. The quantitative estimate of drug-likeness (QED) is 0.824. The van der Waals surface area contributed by atoms with Crippen LogP contribution in [0.2, 0.25) is 0 Å². The molecule has 3 rings (SSSR count). The van der Waals surface area contributed by atoms with Gasteiger partial charge in [0.05, 0.1) is 12.6 Å². The van der Waals surface area contributed by atoms with Gasteiger partial charge in [-0.25, -0.2) is 0 Å². The molecule has 1 amide bonds. The van der Waals surface area contributed by atoms with E-state index in [0.29, 0.717) is 18.3 Å². The molecule has 0 bridgehead atoms. The zero-order valence-electron chi connectivity index (χ0n) is 11.8. The highest BCUT2D eigenvalue weighted by molar-refractivity contribution is 5.82. The Labute approximate surface area is 118 Å². The molecule has 2 aliphatic heterocycles. The third-order valence-corrected chi connectivity index (χ3v) is 3.99. The third-order valence-electron chi connectivity index (χ3n) is 3.99. The molecule has 7 nitrogen and oxygen atoms in total. The Morgan fingerprint density at radius 3 is 2.90 bits per heavy atom. The summed E-state index contributed by atoms with van der Waals surface area (Å²) in [5.41, 5.74) is 0. The van der Waals surface area contributed by atoms with Gasteiger partial charge in [0.25, 0.3) is 0 Å². The van der Waals surface area contributed by atoms with E-state index >= 15 is 0 Å². The van der Waals surface area contributed by atoms with Crippen molar-refractivity contribution in [3.63, 3.8) is 0 Å². The Balaban J connectivity index is 1.63. The van der Waals surface area contributed by atoms with Gasteiger partial charge in [0.15, 0.2) is 5.82 Å². The molecule has 1 aromatic heterocycles. The minimum atomic E-state index is -0.0275. The van der Waals surface area contributed by atoms with E-state index in [9.17, 15) is 4.79 Å². The van der Waals surface area contributed by atoms with Crippen LogP contribution in [0, 0.1) is 6.92 Å². The smallest absolute Gasteiger partial charge is 0.240 e. The molecule has 0 radical (unpaired) electrons. The molecule has 1 aromatic rings. The van der Waals surface area contributed by atoms with Crippen LogP contribution in [0.25, 0.3) is 0 Å². The van der Waals surface area contributed by atoms with Gasteiger partial charge in [0, 0.05) is 26.2 Å². The number of hydrogen-bond donors (Lipinski definition) is 1. The molecule has 1 unspecified atom stereocenters. The summed E-state index contributed by atoms with van der Waals surface area (Å²) in [5, 5.41) is 7.08. The van der Waals surface area contributed by atoms with Crippen LogP contribution in [0.3, 0.4) is 0 Å². The molecule has 0 aromatic carbocycles. The van der Waals surface area contributed by atoms with E-state index < -0.39 is 0 Å². The molecule has 3 heterocycles. The monoisotopic (exact) mass is 279 g/mol. The fourth-order valence-corrected chi connectivity index (χ4v) is 2.97. The summed E-state index contributed by atoms with van der Waals surface area (Å²) in [4.78, 5) is 21.0. The molecule has 0 spiro atoms. The average Bonchev–Trinajstić information content (AvgIpc) is 3.09. The molecule has 110 valence electrons. The van der Waals surface area contributed by atoms with Crippen molar-refractivity contribution in [1.29, 1.82) is 0 Å². The van der Waals surface area contributed by atoms with Crippen LogP contribution in [0.15, 0.2) is 4.52 Å². The fourth-order valence-electron chi connectivity index (χ4n) is 2.97. The summed E-state index contributed by atoms with van der Waals surface area (Å²) in [5.74, 6) is 1.49. The second-order valence-electron chi connectivity index (χ2n) is 5.44. The topological polar surface area (TPSA) is 74.5 Å². The first-order valence-electron chi connectivity index (χ1n) is 7.27. The number of rotatable bonds is 3. The molecule has 7 heteroatoms. The zero-order chi connectivity index (χ0) is 13.9. The largest absolute Gasteiger partial charge is 0.339 e. The maximum absolute atomic E-state index is 12.6. The number of aromatic nitrogens is 2. The minimum Gasteiger partial charge on any atom is -0.339 e. The predicted octanol–water partition coefficient (Wildman–Crippen LogP) is -0.226. The molecule has 1 N–H and O–H groups in total. The summed E-state index contributed by atoms with van der Waals surface area (Å²) in [6.07, 6.45) is 1.98. The van der Waals surface area contributed by atoms with E-state index in [2.05, 4.69) is 20.4 Å². The summed E-state index contributed by atoms with van der Waals surface area (Å²) >= 11 is 0. The average molecular weight is 279 g/mol. The van der Waals surface area contributed by atoms with Crippen molar-refractivity contribution >= 4 is 5.91 Å². The zero-order valence-corrected chi connectivity index (χ0v) is 11.8. The Kier molecular flexibility index (Phi) is 3.98. The highest BCUT2D eigenvalue weighted by Crippen LogP contribution is 2.21.